The van der Waals surface area contributed by atoms with E-state index >= 15 is 0 Å². The van der Waals surface area contributed by atoms with Gasteiger partial charge in [-0.2, -0.15) is 0 Å². The smallest absolute Gasteiger partial charge is 0.107 e. The molecule has 19 heavy (non-hydrogen) atoms. The van der Waals surface area contributed by atoms with Gasteiger partial charge in [-0.15, -0.1) is 11.3 Å². The van der Waals surface area contributed by atoms with Crippen LogP contribution in [0.1, 0.15) is 24.5 Å². The zero-order chi connectivity index (χ0) is 14.1. The van der Waals surface area contributed by atoms with Crippen LogP contribution in [0.5, 0.6) is 0 Å². The summed E-state index contributed by atoms with van der Waals surface area (Å²) in [5.74, 6) is 0. The predicted molar refractivity (Wildman–Crippen MR) is 76.5 cm³/mol. The molecule has 1 aromatic rings. The van der Waals surface area contributed by atoms with Gasteiger partial charge in [-0.1, -0.05) is 0 Å². The summed E-state index contributed by atoms with van der Waals surface area (Å²) in [6.07, 6.45) is -0.281. The summed E-state index contributed by atoms with van der Waals surface area (Å²) in [6.45, 7) is 8.54. The fourth-order valence-electron chi connectivity index (χ4n) is 1.45. The molecule has 0 saturated carbocycles. The van der Waals surface area contributed by atoms with Gasteiger partial charge in [0.15, 0.2) is 0 Å². The summed E-state index contributed by atoms with van der Waals surface area (Å²) < 4.78 is 10.7. The lowest BCUT2D eigenvalue weighted by Crippen LogP contribution is -2.30. The van der Waals surface area contributed by atoms with Crippen LogP contribution in [0.25, 0.3) is 0 Å². The van der Waals surface area contributed by atoms with Gasteiger partial charge in [0, 0.05) is 24.2 Å². The first-order chi connectivity index (χ1) is 9.08. The first-order valence-electron chi connectivity index (χ1n) is 6.57. The van der Waals surface area contributed by atoms with Crippen LogP contribution in [0.2, 0.25) is 0 Å². The van der Waals surface area contributed by atoms with Crippen molar-refractivity contribution in [1.82, 2.24) is 10.3 Å². The fourth-order valence-corrected chi connectivity index (χ4v) is 2.19. The third-order valence-corrected chi connectivity index (χ3v) is 3.28. The Hall–Kier alpha value is -0.530. The van der Waals surface area contributed by atoms with Gasteiger partial charge in [0.2, 0.25) is 0 Å². The molecule has 0 fully saturated rings. The minimum atomic E-state index is -0.500. The van der Waals surface area contributed by atoms with E-state index in [1.54, 1.807) is 11.3 Å². The monoisotopic (exact) mass is 288 g/mol. The SMILES string of the molecule is Cc1csc(CNCC(O)COCCOC(C)C)n1. The van der Waals surface area contributed by atoms with E-state index in [2.05, 4.69) is 10.3 Å². The minimum absolute atomic E-state index is 0.219. The molecule has 0 aliphatic carbocycles. The molecule has 1 rings (SSSR count). The second kappa shape index (κ2) is 9.39. The lowest BCUT2D eigenvalue weighted by atomic mass is 10.4. The van der Waals surface area contributed by atoms with Crippen molar-refractivity contribution in [2.75, 3.05) is 26.4 Å². The van der Waals surface area contributed by atoms with Gasteiger partial charge in [-0.3, -0.25) is 0 Å². The van der Waals surface area contributed by atoms with Crippen LogP contribution in [-0.2, 0) is 16.0 Å². The van der Waals surface area contributed by atoms with E-state index in [0.717, 1.165) is 10.7 Å². The Balaban J connectivity index is 1.97. The quantitative estimate of drug-likeness (QED) is 0.636. The standard InChI is InChI=1S/C13H24N2O3S/c1-10(2)18-5-4-17-8-12(16)6-14-7-13-15-11(3)9-19-13/h9-10,12,14,16H,4-8H2,1-3H3. The largest absolute Gasteiger partial charge is 0.389 e. The summed E-state index contributed by atoms with van der Waals surface area (Å²) in [7, 11) is 0. The molecule has 0 aliphatic heterocycles. The number of hydrogen-bond acceptors (Lipinski definition) is 6. The Kier molecular flexibility index (Phi) is 8.16. The topological polar surface area (TPSA) is 63.6 Å². The molecule has 1 atom stereocenters. The van der Waals surface area contributed by atoms with Crippen LogP contribution in [0, 0.1) is 6.92 Å². The van der Waals surface area contributed by atoms with Gasteiger partial charge >= 0.3 is 0 Å². The highest BCUT2D eigenvalue weighted by Gasteiger charge is 2.05. The Bertz CT molecular complexity index is 344. The molecule has 1 aromatic heterocycles. The van der Waals surface area contributed by atoms with Gasteiger partial charge in [-0.25, -0.2) is 4.98 Å². The van der Waals surface area contributed by atoms with Crippen LogP contribution in [0.3, 0.4) is 0 Å². The number of rotatable bonds is 10. The molecule has 0 amide bonds. The van der Waals surface area contributed by atoms with Gasteiger partial charge < -0.3 is 19.9 Å². The molecule has 0 spiro atoms. The molecule has 0 bridgehead atoms. The third kappa shape index (κ3) is 8.28. The summed E-state index contributed by atoms with van der Waals surface area (Å²) >= 11 is 1.63. The summed E-state index contributed by atoms with van der Waals surface area (Å²) in [5, 5.41) is 15.9. The molecule has 0 aromatic carbocycles. The van der Waals surface area contributed by atoms with Crippen molar-refractivity contribution >= 4 is 11.3 Å². The van der Waals surface area contributed by atoms with Crippen LogP contribution in [0.15, 0.2) is 5.38 Å². The maximum atomic E-state index is 9.70. The number of aliphatic hydroxyl groups excluding tert-OH is 1. The molecule has 1 heterocycles. The number of aryl methyl sites for hydroxylation is 1. The van der Waals surface area contributed by atoms with Crippen molar-refractivity contribution in [3.8, 4) is 0 Å². The van der Waals surface area contributed by atoms with Crippen LogP contribution in [-0.4, -0.2) is 48.7 Å². The lowest BCUT2D eigenvalue weighted by molar-refractivity contribution is -0.0100. The molecule has 6 heteroatoms. The number of hydrogen-bond donors (Lipinski definition) is 2. The molecule has 0 radical (unpaired) electrons. The number of nitrogens with zero attached hydrogens (tertiary/aromatic N) is 1. The predicted octanol–water partition coefficient (Wildman–Crippen LogP) is 1.34. The van der Waals surface area contributed by atoms with Gasteiger partial charge in [0.25, 0.3) is 0 Å². The Labute approximate surface area is 119 Å². The van der Waals surface area contributed by atoms with Crippen LogP contribution >= 0.6 is 11.3 Å². The van der Waals surface area contributed by atoms with E-state index in [9.17, 15) is 5.11 Å². The molecule has 0 aliphatic rings. The maximum Gasteiger partial charge on any atom is 0.107 e. The summed E-state index contributed by atoms with van der Waals surface area (Å²) in [5.41, 5.74) is 1.04. The number of ether oxygens (including phenoxy) is 2. The zero-order valence-electron chi connectivity index (χ0n) is 11.9. The normalized spacial score (nSPS) is 13.1. The Morgan fingerprint density at radius 2 is 2.21 bits per heavy atom. The molecule has 2 N–H and O–H groups in total. The number of aromatic nitrogens is 1. The first-order valence-corrected chi connectivity index (χ1v) is 7.45. The number of aliphatic hydroxyl groups is 1. The molecule has 5 nitrogen and oxygen atoms in total. The Morgan fingerprint density at radius 1 is 1.42 bits per heavy atom. The van der Waals surface area contributed by atoms with Crippen LogP contribution < -0.4 is 5.32 Å². The van der Waals surface area contributed by atoms with Gasteiger partial charge in [-0.05, 0) is 20.8 Å². The molecule has 1 unspecified atom stereocenters. The third-order valence-electron chi connectivity index (χ3n) is 2.31. The van der Waals surface area contributed by atoms with E-state index in [0.29, 0.717) is 32.9 Å². The fraction of sp³-hybridized carbons (Fsp3) is 0.769. The minimum Gasteiger partial charge on any atom is -0.389 e. The second-order valence-electron chi connectivity index (χ2n) is 4.66. The van der Waals surface area contributed by atoms with Gasteiger partial charge in [0.05, 0.1) is 32.0 Å². The summed E-state index contributed by atoms with van der Waals surface area (Å²) in [6, 6.07) is 0. The highest BCUT2D eigenvalue weighted by atomic mass is 32.1. The van der Waals surface area contributed by atoms with E-state index in [4.69, 9.17) is 9.47 Å². The second-order valence-corrected chi connectivity index (χ2v) is 5.60. The summed E-state index contributed by atoms with van der Waals surface area (Å²) in [4.78, 5) is 4.34. The van der Waals surface area contributed by atoms with Crippen LogP contribution in [0.4, 0.5) is 0 Å². The van der Waals surface area contributed by atoms with Crippen molar-refractivity contribution in [1.29, 1.82) is 0 Å². The van der Waals surface area contributed by atoms with Crippen molar-refractivity contribution in [3.63, 3.8) is 0 Å². The number of nitrogens with one attached hydrogen (secondary N) is 1. The van der Waals surface area contributed by atoms with Crippen molar-refractivity contribution in [2.24, 2.45) is 0 Å². The van der Waals surface area contributed by atoms with E-state index in [-0.39, 0.29) is 6.10 Å². The lowest BCUT2D eigenvalue weighted by Gasteiger charge is -2.12. The molecular weight excluding hydrogens is 264 g/mol. The number of thiazole rings is 1. The van der Waals surface area contributed by atoms with Crippen molar-refractivity contribution < 1.29 is 14.6 Å². The first kappa shape index (κ1) is 16.5. The van der Waals surface area contributed by atoms with E-state index < -0.39 is 6.10 Å². The average Bonchev–Trinajstić information content (AvgIpc) is 2.74. The molecular formula is C13H24N2O3S. The van der Waals surface area contributed by atoms with E-state index in [1.165, 1.54) is 0 Å². The molecule has 110 valence electrons. The average molecular weight is 288 g/mol. The maximum absolute atomic E-state index is 9.70. The highest BCUT2D eigenvalue weighted by molar-refractivity contribution is 7.09. The van der Waals surface area contributed by atoms with Crippen molar-refractivity contribution in [2.45, 2.75) is 39.5 Å². The van der Waals surface area contributed by atoms with Gasteiger partial charge in [0.1, 0.15) is 5.01 Å². The molecule has 0 saturated heterocycles. The van der Waals surface area contributed by atoms with Crippen molar-refractivity contribution in [3.05, 3.63) is 16.1 Å². The Morgan fingerprint density at radius 3 is 2.84 bits per heavy atom. The zero-order valence-corrected chi connectivity index (χ0v) is 12.7. The van der Waals surface area contributed by atoms with E-state index in [1.807, 2.05) is 26.2 Å². The highest BCUT2D eigenvalue weighted by Crippen LogP contribution is 2.07.